The standard InChI is InChI=1S/C12H12BrNO4/c1-12(2)10(15)6-11(12)18-9-4-3-7(13)5-8(9)14(16)17/h3-5,11H,6H2,1-2H3. The van der Waals surface area contributed by atoms with Gasteiger partial charge in [-0.25, -0.2) is 0 Å². The second kappa shape index (κ2) is 4.35. The van der Waals surface area contributed by atoms with Gasteiger partial charge in [0.1, 0.15) is 11.9 Å². The number of carbonyl (C=O) groups excluding carboxylic acids is 1. The molecule has 0 spiro atoms. The normalized spacial score (nSPS) is 21.3. The highest BCUT2D eigenvalue weighted by Gasteiger charge is 2.49. The first-order valence-electron chi connectivity index (χ1n) is 5.46. The number of hydrogen-bond acceptors (Lipinski definition) is 4. The van der Waals surface area contributed by atoms with Crippen LogP contribution < -0.4 is 4.74 Å². The van der Waals surface area contributed by atoms with Gasteiger partial charge in [0.05, 0.1) is 10.3 Å². The fourth-order valence-electron chi connectivity index (χ4n) is 1.81. The fraction of sp³-hybridized carbons (Fsp3) is 0.417. The van der Waals surface area contributed by atoms with Crippen molar-refractivity contribution >= 4 is 27.4 Å². The lowest BCUT2D eigenvalue weighted by molar-refractivity contribution is -0.386. The molecule has 0 saturated heterocycles. The van der Waals surface area contributed by atoms with Gasteiger partial charge in [-0.2, -0.15) is 0 Å². The highest BCUT2D eigenvalue weighted by atomic mass is 79.9. The molecule has 1 saturated carbocycles. The second-order valence-electron chi connectivity index (χ2n) is 4.82. The van der Waals surface area contributed by atoms with E-state index in [2.05, 4.69) is 15.9 Å². The molecule has 0 radical (unpaired) electrons. The zero-order chi connectivity index (χ0) is 13.5. The van der Waals surface area contributed by atoms with E-state index in [-0.39, 0.29) is 23.3 Å². The van der Waals surface area contributed by atoms with E-state index in [1.54, 1.807) is 26.0 Å². The Kier molecular flexibility index (Phi) is 3.14. The van der Waals surface area contributed by atoms with Crippen LogP contribution in [0.3, 0.4) is 0 Å². The molecule has 0 bridgehead atoms. The number of ketones is 1. The van der Waals surface area contributed by atoms with Crippen LogP contribution in [0.2, 0.25) is 0 Å². The Morgan fingerprint density at radius 1 is 1.50 bits per heavy atom. The smallest absolute Gasteiger partial charge is 0.312 e. The molecule has 0 amide bonds. The number of Topliss-reactive ketones (excluding diaryl/α,β-unsaturated/α-hetero) is 1. The Bertz CT molecular complexity index is 527. The number of rotatable bonds is 3. The topological polar surface area (TPSA) is 69.4 Å². The van der Waals surface area contributed by atoms with Crippen LogP contribution in [0.25, 0.3) is 0 Å². The van der Waals surface area contributed by atoms with Crippen LogP contribution in [-0.2, 0) is 4.79 Å². The molecule has 0 aliphatic heterocycles. The molecule has 5 nitrogen and oxygen atoms in total. The van der Waals surface area contributed by atoms with Gasteiger partial charge in [0, 0.05) is 17.0 Å². The van der Waals surface area contributed by atoms with Crippen LogP contribution in [0.5, 0.6) is 5.75 Å². The summed E-state index contributed by atoms with van der Waals surface area (Å²) in [4.78, 5) is 21.8. The van der Waals surface area contributed by atoms with E-state index in [4.69, 9.17) is 4.74 Å². The first-order chi connectivity index (χ1) is 8.32. The highest BCUT2D eigenvalue weighted by molar-refractivity contribution is 9.10. The maximum atomic E-state index is 11.4. The zero-order valence-corrected chi connectivity index (χ0v) is 11.6. The largest absolute Gasteiger partial charge is 0.482 e. The van der Waals surface area contributed by atoms with Gasteiger partial charge in [0.15, 0.2) is 5.75 Å². The van der Waals surface area contributed by atoms with E-state index < -0.39 is 10.3 Å². The number of ether oxygens (including phenoxy) is 1. The van der Waals surface area contributed by atoms with Gasteiger partial charge in [-0.3, -0.25) is 14.9 Å². The third kappa shape index (κ3) is 2.12. The van der Waals surface area contributed by atoms with Gasteiger partial charge in [0.2, 0.25) is 0 Å². The fourth-order valence-corrected chi connectivity index (χ4v) is 2.16. The number of halogens is 1. The molecule has 1 fully saturated rings. The predicted molar refractivity (Wildman–Crippen MR) is 68.6 cm³/mol. The first kappa shape index (κ1) is 13.0. The van der Waals surface area contributed by atoms with Crippen molar-refractivity contribution in [2.75, 3.05) is 0 Å². The number of nitro benzene ring substituents is 1. The minimum absolute atomic E-state index is 0.0977. The van der Waals surface area contributed by atoms with Crippen LogP contribution in [0.15, 0.2) is 22.7 Å². The van der Waals surface area contributed by atoms with Crippen molar-refractivity contribution in [3.63, 3.8) is 0 Å². The van der Waals surface area contributed by atoms with Gasteiger partial charge in [-0.15, -0.1) is 0 Å². The summed E-state index contributed by atoms with van der Waals surface area (Å²) in [5.41, 5.74) is -0.666. The van der Waals surface area contributed by atoms with Gasteiger partial charge < -0.3 is 4.74 Å². The zero-order valence-electron chi connectivity index (χ0n) is 9.97. The quantitative estimate of drug-likeness (QED) is 0.635. The lowest BCUT2D eigenvalue weighted by atomic mass is 9.68. The molecular formula is C12H12BrNO4. The van der Waals surface area contributed by atoms with Crippen molar-refractivity contribution < 1.29 is 14.5 Å². The molecule has 6 heteroatoms. The molecule has 0 N–H and O–H groups in total. The summed E-state index contributed by atoms with van der Waals surface area (Å²) in [7, 11) is 0. The van der Waals surface area contributed by atoms with Crippen LogP contribution in [-0.4, -0.2) is 16.8 Å². The van der Waals surface area contributed by atoms with E-state index >= 15 is 0 Å². The Labute approximate surface area is 112 Å². The average Bonchev–Trinajstić information content (AvgIpc) is 2.30. The molecular weight excluding hydrogens is 302 g/mol. The lowest BCUT2D eigenvalue weighted by Crippen LogP contribution is -2.53. The summed E-state index contributed by atoms with van der Waals surface area (Å²) in [6.45, 7) is 3.57. The van der Waals surface area contributed by atoms with E-state index in [0.717, 1.165) is 0 Å². The van der Waals surface area contributed by atoms with Crippen molar-refractivity contribution in [2.45, 2.75) is 26.4 Å². The average molecular weight is 314 g/mol. The number of hydrogen-bond donors (Lipinski definition) is 0. The van der Waals surface area contributed by atoms with Crippen molar-refractivity contribution in [1.82, 2.24) is 0 Å². The summed E-state index contributed by atoms with van der Waals surface area (Å²) in [5, 5.41) is 10.9. The molecule has 2 rings (SSSR count). The van der Waals surface area contributed by atoms with Crippen molar-refractivity contribution in [3.05, 3.63) is 32.8 Å². The number of nitrogens with zero attached hydrogens (tertiary/aromatic N) is 1. The van der Waals surface area contributed by atoms with Gasteiger partial charge in [-0.05, 0) is 26.0 Å². The molecule has 1 aliphatic rings. The third-order valence-electron chi connectivity index (χ3n) is 3.28. The molecule has 0 aromatic heterocycles. The molecule has 1 aliphatic carbocycles. The van der Waals surface area contributed by atoms with E-state index in [9.17, 15) is 14.9 Å². The second-order valence-corrected chi connectivity index (χ2v) is 5.74. The molecule has 1 unspecified atom stereocenters. The summed E-state index contributed by atoms with van der Waals surface area (Å²) >= 11 is 3.18. The molecule has 18 heavy (non-hydrogen) atoms. The number of nitro groups is 1. The molecule has 1 aromatic rings. The lowest BCUT2D eigenvalue weighted by Gasteiger charge is -2.41. The Morgan fingerprint density at radius 2 is 2.17 bits per heavy atom. The molecule has 1 atom stereocenters. The summed E-state index contributed by atoms with van der Waals surface area (Å²) < 4.78 is 6.22. The Balaban J connectivity index is 2.25. The van der Waals surface area contributed by atoms with E-state index in [0.29, 0.717) is 10.9 Å². The van der Waals surface area contributed by atoms with Crippen LogP contribution in [0.4, 0.5) is 5.69 Å². The van der Waals surface area contributed by atoms with Gasteiger partial charge in [-0.1, -0.05) is 15.9 Å². The number of benzene rings is 1. The van der Waals surface area contributed by atoms with Crippen molar-refractivity contribution in [3.8, 4) is 5.75 Å². The highest BCUT2D eigenvalue weighted by Crippen LogP contribution is 2.41. The third-order valence-corrected chi connectivity index (χ3v) is 3.77. The number of carbonyl (C=O) groups is 1. The van der Waals surface area contributed by atoms with Crippen LogP contribution in [0.1, 0.15) is 20.3 Å². The maximum Gasteiger partial charge on any atom is 0.312 e. The van der Waals surface area contributed by atoms with Crippen LogP contribution >= 0.6 is 15.9 Å². The predicted octanol–water partition coefficient (Wildman–Crippen LogP) is 3.10. The van der Waals surface area contributed by atoms with Gasteiger partial charge >= 0.3 is 5.69 Å². The summed E-state index contributed by atoms with van der Waals surface area (Å²) in [5.74, 6) is 0.320. The Hall–Kier alpha value is -1.43. The first-order valence-corrected chi connectivity index (χ1v) is 6.25. The van der Waals surface area contributed by atoms with Crippen molar-refractivity contribution in [1.29, 1.82) is 0 Å². The SMILES string of the molecule is CC1(C)C(=O)CC1Oc1ccc(Br)cc1[N+](=O)[O-]. The molecule has 0 heterocycles. The molecule has 96 valence electrons. The minimum atomic E-state index is -0.569. The van der Waals surface area contributed by atoms with Crippen LogP contribution in [0, 0.1) is 15.5 Å². The van der Waals surface area contributed by atoms with Gasteiger partial charge in [0.25, 0.3) is 0 Å². The van der Waals surface area contributed by atoms with E-state index in [1.807, 2.05) is 0 Å². The Morgan fingerprint density at radius 3 is 2.67 bits per heavy atom. The maximum absolute atomic E-state index is 11.4. The summed E-state index contributed by atoms with van der Waals surface area (Å²) in [6.07, 6.45) is 0.00473. The minimum Gasteiger partial charge on any atom is -0.482 e. The summed E-state index contributed by atoms with van der Waals surface area (Å²) in [6, 6.07) is 4.61. The monoisotopic (exact) mass is 313 g/mol. The van der Waals surface area contributed by atoms with Crippen molar-refractivity contribution in [2.24, 2.45) is 5.41 Å². The molecule has 1 aromatic carbocycles. The van der Waals surface area contributed by atoms with E-state index in [1.165, 1.54) is 6.07 Å².